The molecule has 1 amide bonds. The minimum absolute atomic E-state index is 0.159. The van der Waals surface area contributed by atoms with Crippen molar-refractivity contribution in [2.24, 2.45) is 0 Å². The Balaban J connectivity index is 2.01. The van der Waals surface area contributed by atoms with Crippen molar-refractivity contribution in [3.63, 3.8) is 0 Å². The van der Waals surface area contributed by atoms with Crippen LogP contribution >= 0.6 is 15.9 Å². The monoisotopic (exact) mass is 374 g/mol. The molecule has 0 aromatic heterocycles. The normalized spacial score (nSPS) is 9.78. The molecular weight excluding hydrogens is 360 g/mol. The number of nitriles is 1. The number of carbonyl (C=O) groups excluding carboxylic acids is 1. The van der Waals surface area contributed by atoms with E-state index in [1.807, 2.05) is 31.2 Å². The summed E-state index contributed by atoms with van der Waals surface area (Å²) in [6.07, 6.45) is 0. The summed E-state index contributed by atoms with van der Waals surface area (Å²) in [6.45, 7) is 2.12. The highest BCUT2D eigenvalue weighted by Gasteiger charge is 2.10. The lowest BCUT2D eigenvalue weighted by Crippen LogP contribution is -2.20. The van der Waals surface area contributed by atoms with Gasteiger partial charge in [-0.15, -0.1) is 0 Å². The number of hydrogen-bond donors (Lipinski definition) is 1. The van der Waals surface area contributed by atoms with Crippen molar-refractivity contribution in [2.75, 3.05) is 18.5 Å². The highest BCUT2D eigenvalue weighted by atomic mass is 79.9. The van der Waals surface area contributed by atoms with E-state index in [1.165, 1.54) is 0 Å². The number of nitrogens with one attached hydrogen (secondary N) is 1. The van der Waals surface area contributed by atoms with Crippen molar-refractivity contribution in [1.29, 1.82) is 5.26 Å². The van der Waals surface area contributed by atoms with Crippen LogP contribution in [0, 0.1) is 11.3 Å². The maximum Gasteiger partial charge on any atom is 0.262 e. The van der Waals surface area contributed by atoms with Gasteiger partial charge < -0.3 is 14.8 Å². The fourth-order valence-corrected chi connectivity index (χ4v) is 2.24. The van der Waals surface area contributed by atoms with Gasteiger partial charge in [0.2, 0.25) is 0 Å². The van der Waals surface area contributed by atoms with Crippen LogP contribution in [0.15, 0.2) is 46.9 Å². The van der Waals surface area contributed by atoms with Crippen LogP contribution in [0.25, 0.3) is 0 Å². The minimum atomic E-state index is -0.288. The van der Waals surface area contributed by atoms with Crippen LogP contribution in [0.4, 0.5) is 5.69 Å². The topological polar surface area (TPSA) is 71.3 Å². The molecule has 0 heterocycles. The van der Waals surface area contributed by atoms with E-state index in [-0.39, 0.29) is 12.5 Å². The lowest BCUT2D eigenvalue weighted by atomic mass is 10.2. The molecule has 2 aromatic carbocycles. The molecule has 0 aliphatic rings. The zero-order valence-corrected chi connectivity index (χ0v) is 14.1. The number of hydrogen-bond acceptors (Lipinski definition) is 4. The number of anilines is 1. The molecule has 0 spiro atoms. The van der Waals surface area contributed by atoms with E-state index >= 15 is 0 Å². The Labute approximate surface area is 143 Å². The van der Waals surface area contributed by atoms with Crippen molar-refractivity contribution in [2.45, 2.75) is 6.92 Å². The highest BCUT2D eigenvalue weighted by Crippen LogP contribution is 2.28. The Morgan fingerprint density at radius 1 is 1.22 bits per heavy atom. The maximum atomic E-state index is 12.0. The van der Waals surface area contributed by atoms with E-state index < -0.39 is 0 Å². The lowest BCUT2D eigenvalue weighted by molar-refractivity contribution is -0.118. The molecule has 0 bridgehead atoms. The van der Waals surface area contributed by atoms with Crippen molar-refractivity contribution in [3.05, 3.63) is 52.5 Å². The molecule has 0 atom stereocenters. The fourth-order valence-electron chi connectivity index (χ4n) is 1.86. The summed E-state index contributed by atoms with van der Waals surface area (Å²) < 4.78 is 11.7. The molecular formula is C17H15BrN2O3. The predicted octanol–water partition coefficient (Wildman–Crippen LogP) is 3.74. The van der Waals surface area contributed by atoms with Gasteiger partial charge in [0.05, 0.1) is 23.9 Å². The number of carbonyl (C=O) groups is 1. The van der Waals surface area contributed by atoms with Gasteiger partial charge in [0, 0.05) is 10.5 Å². The molecule has 6 heteroatoms. The van der Waals surface area contributed by atoms with Gasteiger partial charge >= 0.3 is 0 Å². The van der Waals surface area contributed by atoms with Gasteiger partial charge in [-0.3, -0.25) is 4.79 Å². The molecule has 0 unspecified atom stereocenters. The van der Waals surface area contributed by atoms with E-state index in [2.05, 4.69) is 21.2 Å². The van der Waals surface area contributed by atoms with Crippen LogP contribution in [0.5, 0.6) is 11.5 Å². The average Bonchev–Trinajstić information content (AvgIpc) is 2.56. The molecule has 0 aliphatic carbocycles. The summed E-state index contributed by atoms with van der Waals surface area (Å²) in [4.78, 5) is 12.0. The summed E-state index contributed by atoms with van der Waals surface area (Å²) in [5.74, 6) is 0.581. The third kappa shape index (κ3) is 4.73. The Morgan fingerprint density at radius 3 is 2.70 bits per heavy atom. The first-order chi connectivity index (χ1) is 11.1. The fraction of sp³-hybridized carbons (Fsp3) is 0.176. The number of nitrogens with zero attached hydrogens (tertiary/aromatic N) is 1. The van der Waals surface area contributed by atoms with Crippen LogP contribution in [0.1, 0.15) is 12.5 Å². The van der Waals surface area contributed by atoms with Crippen molar-refractivity contribution < 1.29 is 14.3 Å². The van der Waals surface area contributed by atoms with Crippen molar-refractivity contribution >= 4 is 27.5 Å². The molecule has 118 valence electrons. The Bertz CT molecular complexity index is 741. The molecule has 0 saturated heterocycles. The third-order valence-corrected chi connectivity index (χ3v) is 3.57. The summed E-state index contributed by atoms with van der Waals surface area (Å²) in [5.41, 5.74) is 1.14. The van der Waals surface area contributed by atoms with Crippen LogP contribution in [-0.2, 0) is 4.79 Å². The Kier molecular flexibility index (Phi) is 6.01. The molecule has 2 aromatic rings. The second kappa shape index (κ2) is 8.20. The van der Waals surface area contributed by atoms with Gasteiger partial charge in [-0.1, -0.05) is 12.1 Å². The molecule has 0 fully saturated rings. The van der Waals surface area contributed by atoms with E-state index in [0.717, 1.165) is 4.47 Å². The number of benzene rings is 2. The third-order valence-electron chi connectivity index (χ3n) is 2.88. The zero-order chi connectivity index (χ0) is 16.7. The molecule has 2 rings (SSSR count). The lowest BCUT2D eigenvalue weighted by Gasteiger charge is -2.12. The molecule has 1 N–H and O–H groups in total. The van der Waals surface area contributed by atoms with Gasteiger partial charge in [0.25, 0.3) is 5.91 Å². The maximum absolute atomic E-state index is 12.0. The first-order valence-electron chi connectivity index (χ1n) is 6.98. The van der Waals surface area contributed by atoms with Gasteiger partial charge in [0.1, 0.15) is 0 Å². The Hall–Kier alpha value is -2.52. The molecule has 23 heavy (non-hydrogen) atoms. The van der Waals surface area contributed by atoms with Crippen LogP contribution in [0.2, 0.25) is 0 Å². The SMILES string of the molecule is CCOc1cc(C#N)ccc1OCC(=O)Nc1ccccc1Br. The number of amides is 1. The number of ether oxygens (including phenoxy) is 2. The standard InChI is InChI=1S/C17H15BrN2O3/c1-2-22-16-9-12(10-19)7-8-15(16)23-11-17(21)20-14-6-4-3-5-13(14)18/h3-9H,2,11H2,1H3,(H,20,21). The quantitative estimate of drug-likeness (QED) is 0.835. The summed E-state index contributed by atoms with van der Waals surface area (Å²) in [7, 11) is 0. The number of rotatable bonds is 6. The van der Waals surface area contributed by atoms with Crippen LogP contribution in [0.3, 0.4) is 0 Å². The van der Waals surface area contributed by atoms with E-state index in [9.17, 15) is 4.79 Å². The first-order valence-corrected chi connectivity index (χ1v) is 7.77. The first kappa shape index (κ1) is 16.8. The van der Waals surface area contributed by atoms with Crippen molar-refractivity contribution in [1.82, 2.24) is 0 Å². The van der Waals surface area contributed by atoms with Crippen LogP contribution < -0.4 is 14.8 Å². The minimum Gasteiger partial charge on any atom is -0.490 e. The van der Waals surface area contributed by atoms with Gasteiger partial charge in [-0.05, 0) is 47.1 Å². The smallest absolute Gasteiger partial charge is 0.262 e. The second-order valence-electron chi connectivity index (χ2n) is 4.52. The van der Waals surface area contributed by atoms with Gasteiger partial charge in [-0.25, -0.2) is 0 Å². The van der Waals surface area contributed by atoms with E-state index in [1.54, 1.807) is 24.3 Å². The Morgan fingerprint density at radius 2 is 2.00 bits per heavy atom. The number of para-hydroxylation sites is 1. The van der Waals surface area contributed by atoms with Gasteiger partial charge in [0.15, 0.2) is 18.1 Å². The van der Waals surface area contributed by atoms with Crippen molar-refractivity contribution in [3.8, 4) is 17.6 Å². The zero-order valence-electron chi connectivity index (χ0n) is 12.5. The molecule has 5 nitrogen and oxygen atoms in total. The average molecular weight is 375 g/mol. The van der Waals surface area contributed by atoms with Gasteiger partial charge in [-0.2, -0.15) is 5.26 Å². The molecule has 0 radical (unpaired) electrons. The second-order valence-corrected chi connectivity index (χ2v) is 5.38. The van der Waals surface area contributed by atoms with E-state index in [0.29, 0.717) is 29.4 Å². The van der Waals surface area contributed by atoms with Crippen LogP contribution in [-0.4, -0.2) is 19.1 Å². The summed E-state index contributed by atoms with van der Waals surface area (Å²) >= 11 is 3.36. The highest BCUT2D eigenvalue weighted by molar-refractivity contribution is 9.10. The molecule has 0 aliphatic heterocycles. The number of halogens is 1. The molecule has 0 saturated carbocycles. The largest absolute Gasteiger partial charge is 0.490 e. The summed E-state index contributed by atoms with van der Waals surface area (Å²) in [6, 6.07) is 14.2. The summed E-state index contributed by atoms with van der Waals surface area (Å²) in [5, 5.41) is 11.7. The predicted molar refractivity (Wildman–Crippen MR) is 90.6 cm³/mol. The van der Waals surface area contributed by atoms with E-state index in [4.69, 9.17) is 14.7 Å².